The Morgan fingerprint density at radius 1 is 1.00 bits per heavy atom. The monoisotopic (exact) mass is 265 g/mol. The summed E-state index contributed by atoms with van der Waals surface area (Å²) in [5, 5.41) is 0. The molecule has 3 aliphatic rings. The predicted octanol–water partition coefficient (Wildman–Crippen LogP) is 1.03. The van der Waals surface area contributed by atoms with Crippen LogP contribution >= 0.6 is 0 Å². The van der Waals surface area contributed by atoms with Gasteiger partial charge in [-0.15, -0.1) is 0 Å². The van der Waals surface area contributed by atoms with E-state index in [9.17, 15) is 4.79 Å². The average Bonchev–Trinajstić information content (AvgIpc) is 3.01. The first kappa shape index (κ1) is 13.4. The highest BCUT2D eigenvalue weighted by Gasteiger charge is 2.40. The highest BCUT2D eigenvalue weighted by molar-refractivity contribution is 5.78. The fourth-order valence-electron chi connectivity index (χ4n) is 4.04. The highest BCUT2D eigenvalue weighted by Crippen LogP contribution is 2.45. The minimum absolute atomic E-state index is 0.350. The van der Waals surface area contributed by atoms with Crippen LogP contribution in [0.25, 0.3) is 0 Å². The number of likely N-dealkylation sites (tertiary alicyclic amines) is 1. The van der Waals surface area contributed by atoms with Crippen molar-refractivity contribution in [1.29, 1.82) is 0 Å². The Labute approximate surface area is 116 Å². The van der Waals surface area contributed by atoms with E-state index in [1.165, 1.54) is 38.6 Å². The zero-order valence-corrected chi connectivity index (χ0v) is 12.2. The Bertz CT molecular complexity index is 330. The van der Waals surface area contributed by atoms with Crippen LogP contribution in [0.1, 0.15) is 32.1 Å². The topological polar surface area (TPSA) is 26.8 Å². The Kier molecular flexibility index (Phi) is 3.81. The summed E-state index contributed by atoms with van der Waals surface area (Å²) < 4.78 is 0. The second kappa shape index (κ2) is 5.41. The average molecular weight is 265 g/mol. The van der Waals surface area contributed by atoms with Gasteiger partial charge < -0.3 is 9.80 Å². The maximum Gasteiger partial charge on any atom is 0.236 e. The van der Waals surface area contributed by atoms with E-state index in [2.05, 4.69) is 21.7 Å². The molecule has 0 unspecified atom stereocenters. The van der Waals surface area contributed by atoms with Gasteiger partial charge in [0.15, 0.2) is 0 Å². The standard InChI is InChI=1S/C15H27N3O/c1-16-8-10-18(11-9-16)14(19)12-17-7-6-15(13-17)4-2-3-5-15/h2-13H2,1H3. The van der Waals surface area contributed by atoms with Crippen molar-refractivity contribution in [3.8, 4) is 0 Å². The number of carbonyl (C=O) groups excluding carboxylic acids is 1. The van der Waals surface area contributed by atoms with Gasteiger partial charge in [-0.2, -0.15) is 0 Å². The number of piperazine rings is 1. The summed E-state index contributed by atoms with van der Waals surface area (Å²) >= 11 is 0. The van der Waals surface area contributed by atoms with Crippen LogP contribution < -0.4 is 0 Å². The molecule has 0 aromatic rings. The third kappa shape index (κ3) is 2.95. The minimum Gasteiger partial charge on any atom is -0.339 e. The molecule has 0 radical (unpaired) electrons. The van der Waals surface area contributed by atoms with Crippen LogP contribution in [0.2, 0.25) is 0 Å². The Hall–Kier alpha value is -0.610. The Balaban J connectivity index is 1.48. The summed E-state index contributed by atoms with van der Waals surface area (Å²) in [4.78, 5) is 19.1. The molecule has 1 aliphatic carbocycles. The zero-order chi connectivity index (χ0) is 13.3. The van der Waals surface area contributed by atoms with Gasteiger partial charge in [0, 0.05) is 32.7 Å². The number of amides is 1. The molecule has 2 saturated heterocycles. The number of likely N-dealkylation sites (N-methyl/N-ethyl adjacent to an activating group) is 1. The number of nitrogens with zero attached hydrogens (tertiary/aromatic N) is 3. The van der Waals surface area contributed by atoms with Crippen LogP contribution in [0.5, 0.6) is 0 Å². The molecule has 2 aliphatic heterocycles. The van der Waals surface area contributed by atoms with E-state index in [4.69, 9.17) is 0 Å². The van der Waals surface area contributed by atoms with Crippen molar-refractivity contribution in [2.24, 2.45) is 5.41 Å². The molecule has 0 atom stereocenters. The van der Waals surface area contributed by atoms with Crippen molar-refractivity contribution >= 4 is 5.91 Å². The van der Waals surface area contributed by atoms with Gasteiger partial charge in [0.25, 0.3) is 0 Å². The fourth-order valence-corrected chi connectivity index (χ4v) is 4.04. The number of rotatable bonds is 2. The summed E-state index contributed by atoms with van der Waals surface area (Å²) in [6.07, 6.45) is 6.92. The van der Waals surface area contributed by atoms with Crippen molar-refractivity contribution in [3.05, 3.63) is 0 Å². The second-order valence-electron chi connectivity index (χ2n) is 6.85. The van der Waals surface area contributed by atoms with E-state index in [0.29, 0.717) is 17.9 Å². The summed E-state index contributed by atoms with van der Waals surface area (Å²) in [6, 6.07) is 0. The van der Waals surface area contributed by atoms with Gasteiger partial charge >= 0.3 is 0 Å². The van der Waals surface area contributed by atoms with E-state index in [1.807, 2.05) is 0 Å². The van der Waals surface area contributed by atoms with Crippen molar-refractivity contribution < 1.29 is 4.79 Å². The summed E-state index contributed by atoms with van der Waals surface area (Å²) in [5.41, 5.74) is 0.586. The lowest BCUT2D eigenvalue weighted by atomic mass is 9.86. The molecule has 0 bridgehead atoms. The number of hydrogen-bond acceptors (Lipinski definition) is 3. The van der Waals surface area contributed by atoms with Crippen LogP contribution in [0.15, 0.2) is 0 Å². The third-order valence-corrected chi connectivity index (χ3v) is 5.40. The van der Waals surface area contributed by atoms with Gasteiger partial charge in [0.1, 0.15) is 0 Å². The predicted molar refractivity (Wildman–Crippen MR) is 76.0 cm³/mol. The van der Waals surface area contributed by atoms with Crippen molar-refractivity contribution in [3.63, 3.8) is 0 Å². The van der Waals surface area contributed by atoms with Crippen LogP contribution in [0.3, 0.4) is 0 Å². The normalized spacial score (nSPS) is 28.4. The second-order valence-corrected chi connectivity index (χ2v) is 6.85. The molecular formula is C15H27N3O. The molecular weight excluding hydrogens is 238 g/mol. The first-order valence-corrected chi connectivity index (χ1v) is 7.86. The highest BCUT2D eigenvalue weighted by atomic mass is 16.2. The molecule has 2 heterocycles. The van der Waals surface area contributed by atoms with Gasteiger partial charge in [-0.25, -0.2) is 0 Å². The van der Waals surface area contributed by atoms with Gasteiger partial charge in [-0.3, -0.25) is 9.69 Å². The van der Waals surface area contributed by atoms with Crippen LogP contribution in [-0.2, 0) is 4.79 Å². The van der Waals surface area contributed by atoms with Crippen LogP contribution in [0.4, 0.5) is 0 Å². The van der Waals surface area contributed by atoms with E-state index in [1.54, 1.807) is 0 Å². The van der Waals surface area contributed by atoms with Gasteiger partial charge in [0.05, 0.1) is 6.54 Å². The molecule has 1 saturated carbocycles. The minimum atomic E-state index is 0.350. The van der Waals surface area contributed by atoms with Crippen molar-refractivity contribution in [2.45, 2.75) is 32.1 Å². The van der Waals surface area contributed by atoms with E-state index >= 15 is 0 Å². The smallest absolute Gasteiger partial charge is 0.236 e. The quantitative estimate of drug-likeness (QED) is 0.746. The first-order valence-electron chi connectivity index (χ1n) is 7.86. The molecule has 0 aromatic carbocycles. The molecule has 19 heavy (non-hydrogen) atoms. The van der Waals surface area contributed by atoms with Gasteiger partial charge in [-0.05, 0) is 38.3 Å². The van der Waals surface area contributed by atoms with Crippen molar-refractivity contribution in [1.82, 2.24) is 14.7 Å². The maximum atomic E-state index is 12.3. The summed E-state index contributed by atoms with van der Waals surface area (Å²) in [7, 11) is 2.13. The van der Waals surface area contributed by atoms with Gasteiger partial charge in [-0.1, -0.05) is 12.8 Å². The fraction of sp³-hybridized carbons (Fsp3) is 0.933. The molecule has 1 amide bonds. The molecule has 3 fully saturated rings. The molecule has 108 valence electrons. The van der Waals surface area contributed by atoms with Crippen molar-refractivity contribution in [2.75, 3.05) is 52.9 Å². The molecule has 4 heteroatoms. The molecule has 4 nitrogen and oxygen atoms in total. The Morgan fingerprint density at radius 2 is 1.68 bits per heavy atom. The first-order chi connectivity index (χ1) is 9.17. The molecule has 3 rings (SSSR count). The van der Waals surface area contributed by atoms with Crippen LogP contribution in [-0.4, -0.2) is 73.5 Å². The summed E-state index contributed by atoms with van der Waals surface area (Å²) in [5.74, 6) is 0.350. The van der Waals surface area contributed by atoms with E-state index in [-0.39, 0.29) is 0 Å². The molecule has 1 spiro atoms. The lowest BCUT2D eigenvalue weighted by molar-refractivity contribution is -0.133. The maximum absolute atomic E-state index is 12.3. The lowest BCUT2D eigenvalue weighted by Gasteiger charge is -2.33. The Morgan fingerprint density at radius 3 is 2.37 bits per heavy atom. The number of carbonyl (C=O) groups is 1. The number of hydrogen-bond donors (Lipinski definition) is 0. The molecule has 0 aromatic heterocycles. The third-order valence-electron chi connectivity index (χ3n) is 5.40. The lowest BCUT2D eigenvalue weighted by Crippen LogP contribution is -2.50. The molecule has 0 N–H and O–H groups in total. The zero-order valence-electron chi connectivity index (χ0n) is 12.2. The van der Waals surface area contributed by atoms with Crippen LogP contribution in [0, 0.1) is 5.41 Å². The SMILES string of the molecule is CN1CCN(C(=O)CN2CCC3(CCCC3)C2)CC1. The van der Waals surface area contributed by atoms with E-state index < -0.39 is 0 Å². The summed E-state index contributed by atoms with van der Waals surface area (Å²) in [6.45, 7) is 6.84. The van der Waals surface area contributed by atoms with Gasteiger partial charge in [0.2, 0.25) is 5.91 Å². The van der Waals surface area contributed by atoms with E-state index in [0.717, 1.165) is 32.7 Å². The largest absolute Gasteiger partial charge is 0.339 e.